The van der Waals surface area contributed by atoms with Crippen LogP contribution in [0.3, 0.4) is 0 Å². The molecule has 2 rings (SSSR count). The summed E-state index contributed by atoms with van der Waals surface area (Å²) in [6, 6.07) is 6.13. The predicted molar refractivity (Wildman–Crippen MR) is 83.9 cm³/mol. The van der Waals surface area contributed by atoms with Crippen LogP contribution in [-0.4, -0.2) is 16.2 Å². The molecule has 2 amide bonds. The Labute approximate surface area is 135 Å². The molecule has 21 heavy (non-hydrogen) atoms. The van der Waals surface area contributed by atoms with Crippen LogP contribution < -0.4 is 10.6 Å². The van der Waals surface area contributed by atoms with Crippen LogP contribution in [0.4, 0.5) is 16.2 Å². The van der Waals surface area contributed by atoms with Gasteiger partial charge in [0.1, 0.15) is 11.5 Å². The van der Waals surface area contributed by atoms with Crippen molar-refractivity contribution in [2.45, 2.75) is 0 Å². The van der Waals surface area contributed by atoms with E-state index >= 15 is 0 Å². The molecular formula is C13H9Cl3N2O3. The van der Waals surface area contributed by atoms with Gasteiger partial charge in [-0.25, -0.2) is 4.79 Å². The molecule has 2 aromatic carbocycles. The standard InChI is InChI=1S/C13H9Cl3N2O3/c14-7-2-1-6(3-11(7)19)17-13(21)18-10-4-8(15)9(16)5-12(10)20/h1-5,19-20H,(H2,17,18,21). The molecule has 0 unspecified atom stereocenters. The van der Waals surface area contributed by atoms with Crippen LogP contribution in [0.15, 0.2) is 30.3 Å². The van der Waals surface area contributed by atoms with Gasteiger partial charge in [-0.2, -0.15) is 0 Å². The summed E-state index contributed by atoms with van der Waals surface area (Å²) in [5.41, 5.74) is 0.425. The Balaban J connectivity index is 2.11. The van der Waals surface area contributed by atoms with E-state index in [2.05, 4.69) is 10.6 Å². The lowest BCUT2D eigenvalue weighted by molar-refractivity contribution is 0.262. The van der Waals surface area contributed by atoms with Crippen molar-refractivity contribution in [2.24, 2.45) is 0 Å². The zero-order valence-corrected chi connectivity index (χ0v) is 12.6. The van der Waals surface area contributed by atoms with Crippen molar-refractivity contribution in [3.05, 3.63) is 45.4 Å². The molecule has 8 heteroatoms. The van der Waals surface area contributed by atoms with Gasteiger partial charge in [0.25, 0.3) is 0 Å². The number of urea groups is 1. The maximum absolute atomic E-state index is 11.8. The minimum atomic E-state index is -0.634. The molecule has 0 bridgehead atoms. The molecule has 5 nitrogen and oxygen atoms in total. The lowest BCUT2D eigenvalue weighted by atomic mass is 10.3. The van der Waals surface area contributed by atoms with E-state index < -0.39 is 6.03 Å². The molecule has 0 spiro atoms. The van der Waals surface area contributed by atoms with Crippen molar-refractivity contribution in [1.29, 1.82) is 0 Å². The number of phenolic OH excluding ortho intramolecular Hbond substituents is 2. The average molecular weight is 348 g/mol. The van der Waals surface area contributed by atoms with Gasteiger partial charge in [-0.05, 0) is 18.2 Å². The summed E-state index contributed by atoms with van der Waals surface area (Å²) in [6.07, 6.45) is 0. The van der Waals surface area contributed by atoms with E-state index in [-0.39, 0.29) is 32.3 Å². The largest absolute Gasteiger partial charge is 0.506 e. The number of benzene rings is 2. The highest BCUT2D eigenvalue weighted by molar-refractivity contribution is 6.42. The Morgan fingerprint density at radius 2 is 1.52 bits per heavy atom. The topological polar surface area (TPSA) is 81.6 Å². The van der Waals surface area contributed by atoms with Crippen LogP contribution in [0.5, 0.6) is 11.5 Å². The zero-order valence-electron chi connectivity index (χ0n) is 10.3. The van der Waals surface area contributed by atoms with Gasteiger partial charge in [0.2, 0.25) is 0 Å². The second kappa shape index (κ2) is 6.30. The minimum absolute atomic E-state index is 0.0973. The van der Waals surface area contributed by atoms with Crippen molar-refractivity contribution >= 4 is 52.2 Å². The van der Waals surface area contributed by atoms with E-state index in [4.69, 9.17) is 34.8 Å². The minimum Gasteiger partial charge on any atom is -0.506 e. The Hall–Kier alpha value is -1.82. The van der Waals surface area contributed by atoms with Gasteiger partial charge >= 0.3 is 6.03 Å². The van der Waals surface area contributed by atoms with Crippen molar-refractivity contribution in [1.82, 2.24) is 0 Å². The van der Waals surface area contributed by atoms with E-state index in [0.29, 0.717) is 5.69 Å². The van der Waals surface area contributed by atoms with E-state index in [9.17, 15) is 15.0 Å². The number of amides is 2. The molecule has 0 aromatic heterocycles. The summed E-state index contributed by atoms with van der Waals surface area (Å²) in [5, 5.41) is 24.5. The van der Waals surface area contributed by atoms with E-state index in [0.717, 1.165) is 0 Å². The number of rotatable bonds is 2. The number of phenols is 2. The average Bonchev–Trinajstić information content (AvgIpc) is 2.40. The van der Waals surface area contributed by atoms with Crippen molar-refractivity contribution in [3.63, 3.8) is 0 Å². The number of carbonyl (C=O) groups is 1. The summed E-state index contributed by atoms with van der Waals surface area (Å²) >= 11 is 17.2. The van der Waals surface area contributed by atoms with E-state index in [1.165, 1.54) is 30.3 Å². The van der Waals surface area contributed by atoms with Crippen LogP contribution in [-0.2, 0) is 0 Å². The second-order valence-electron chi connectivity index (χ2n) is 4.03. The Morgan fingerprint density at radius 3 is 2.19 bits per heavy atom. The van der Waals surface area contributed by atoms with Gasteiger partial charge < -0.3 is 20.8 Å². The molecule has 0 saturated heterocycles. The number of nitrogens with one attached hydrogen (secondary N) is 2. The fraction of sp³-hybridized carbons (Fsp3) is 0. The number of anilines is 2. The Bertz CT molecular complexity index is 707. The van der Waals surface area contributed by atoms with Gasteiger partial charge in [0, 0.05) is 17.8 Å². The normalized spacial score (nSPS) is 10.2. The molecule has 2 aromatic rings. The van der Waals surface area contributed by atoms with Crippen LogP contribution in [0.1, 0.15) is 0 Å². The molecule has 0 radical (unpaired) electrons. The third-order valence-electron chi connectivity index (χ3n) is 2.49. The highest BCUT2D eigenvalue weighted by Crippen LogP contribution is 2.33. The van der Waals surface area contributed by atoms with Gasteiger partial charge in [0.15, 0.2) is 0 Å². The number of halogens is 3. The molecule has 110 valence electrons. The van der Waals surface area contributed by atoms with Crippen molar-refractivity contribution < 1.29 is 15.0 Å². The first kappa shape index (κ1) is 15.6. The third kappa shape index (κ3) is 3.85. The third-order valence-corrected chi connectivity index (χ3v) is 3.53. The van der Waals surface area contributed by atoms with Crippen molar-refractivity contribution in [3.8, 4) is 11.5 Å². The van der Waals surface area contributed by atoms with Gasteiger partial charge in [-0.15, -0.1) is 0 Å². The highest BCUT2D eigenvalue weighted by Gasteiger charge is 2.10. The van der Waals surface area contributed by atoms with Gasteiger partial charge in [-0.1, -0.05) is 34.8 Å². The molecule has 0 atom stereocenters. The van der Waals surface area contributed by atoms with Crippen molar-refractivity contribution in [2.75, 3.05) is 10.6 Å². The molecule has 0 fully saturated rings. The maximum atomic E-state index is 11.8. The fourth-order valence-corrected chi connectivity index (χ4v) is 1.95. The second-order valence-corrected chi connectivity index (χ2v) is 5.25. The highest BCUT2D eigenvalue weighted by atomic mass is 35.5. The Kier molecular flexibility index (Phi) is 4.67. The van der Waals surface area contributed by atoms with Gasteiger partial charge in [-0.3, -0.25) is 0 Å². The lowest BCUT2D eigenvalue weighted by Gasteiger charge is -2.10. The SMILES string of the molecule is O=C(Nc1ccc(Cl)c(O)c1)Nc1cc(Cl)c(Cl)cc1O. The molecule has 0 aliphatic carbocycles. The summed E-state index contributed by atoms with van der Waals surface area (Å²) in [5.74, 6) is -0.384. The molecule has 0 heterocycles. The molecule has 0 aliphatic heterocycles. The molecule has 4 N–H and O–H groups in total. The van der Waals surface area contributed by atoms with Crippen LogP contribution >= 0.6 is 34.8 Å². The summed E-state index contributed by atoms with van der Waals surface area (Å²) in [6.45, 7) is 0. The molecular weight excluding hydrogens is 339 g/mol. The monoisotopic (exact) mass is 346 g/mol. The van der Waals surface area contributed by atoms with Gasteiger partial charge in [0.05, 0.1) is 20.8 Å². The summed E-state index contributed by atoms with van der Waals surface area (Å²) in [7, 11) is 0. The van der Waals surface area contributed by atoms with E-state index in [1.807, 2.05) is 0 Å². The van der Waals surface area contributed by atoms with Crippen LogP contribution in [0, 0.1) is 0 Å². The summed E-state index contributed by atoms with van der Waals surface area (Å²) in [4.78, 5) is 11.8. The fourth-order valence-electron chi connectivity index (χ4n) is 1.51. The Morgan fingerprint density at radius 1 is 0.857 bits per heavy atom. The number of aromatic hydroxyl groups is 2. The number of hydrogen-bond acceptors (Lipinski definition) is 3. The number of carbonyl (C=O) groups excluding carboxylic acids is 1. The first-order valence-corrected chi connectivity index (χ1v) is 6.74. The van der Waals surface area contributed by atoms with E-state index in [1.54, 1.807) is 0 Å². The maximum Gasteiger partial charge on any atom is 0.323 e. The molecule has 0 saturated carbocycles. The quantitative estimate of drug-likeness (QED) is 0.594. The lowest BCUT2D eigenvalue weighted by Crippen LogP contribution is -2.19. The smallest absolute Gasteiger partial charge is 0.323 e. The first-order valence-electron chi connectivity index (χ1n) is 5.61. The number of hydrogen-bond donors (Lipinski definition) is 4. The van der Waals surface area contributed by atoms with Crippen LogP contribution in [0.2, 0.25) is 15.1 Å². The predicted octanol–water partition coefficient (Wildman–Crippen LogP) is 4.70. The first-order chi connectivity index (χ1) is 9.86. The summed E-state index contributed by atoms with van der Waals surface area (Å²) < 4.78 is 0. The molecule has 0 aliphatic rings. The van der Waals surface area contributed by atoms with Crippen LogP contribution in [0.25, 0.3) is 0 Å². The zero-order chi connectivity index (χ0) is 15.6.